The predicted octanol–water partition coefficient (Wildman–Crippen LogP) is 0.971. The van der Waals surface area contributed by atoms with Gasteiger partial charge < -0.3 is 13.9 Å². The Morgan fingerprint density at radius 2 is 2.14 bits per heavy atom. The Kier molecular flexibility index (Phi) is 5.20. The molecule has 0 saturated heterocycles. The molecule has 3 aromatic rings. The van der Waals surface area contributed by atoms with E-state index >= 15 is 0 Å². The SMILES string of the molecule is Cn1nc(CN(Cc2ccco2)C(=O)CCn2ccc(=O)[nH]c2=O)c2c1CCC2. The molecule has 0 saturated carbocycles. The molecule has 29 heavy (non-hydrogen) atoms. The number of hydrogen-bond acceptors (Lipinski definition) is 5. The fourth-order valence-corrected chi connectivity index (χ4v) is 3.82. The molecule has 0 atom stereocenters. The van der Waals surface area contributed by atoms with Gasteiger partial charge in [-0.2, -0.15) is 5.10 Å². The third kappa shape index (κ3) is 4.08. The molecule has 0 aromatic carbocycles. The van der Waals surface area contributed by atoms with Gasteiger partial charge in [-0.1, -0.05) is 0 Å². The number of aromatic amines is 1. The van der Waals surface area contributed by atoms with Crippen LogP contribution < -0.4 is 11.2 Å². The van der Waals surface area contributed by atoms with Crippen LogP contribution in [0.4, 0.5) is 0 Å². The van der Waals surface area contributed by atoms with E-state index in [4.69, 9.17) is 4.42 Å². The summed E-state index contributed by atoms with van der Waals surface area (Å²) in [5, 5.41) is 4.62. The lowest BCUT2D eigenvalue weighted by Gasteiger charge is -2.21. The van der Waals surface area contributed by atoms with Crippen LogP contribution in [0.2, 0.25) is 0 Å². The van der Waals surface area contributed by atoms with Crippen molar-refractivity contribution in [1.29, 1.82) is 0 Å². The van der Waals surface area contributed by atoms with Crippen LogP contribution in [-0.4, -0.2) is 30.1 Å². The minimum atomic E-state index is -0.523. The van der Waals surface area contributed by atoms with E-state index in [0.29, 0.717) is 18.8 Å². The second kappa shape index (κ2) is 7.94. The Hall–Kier alpha value is -3.36. The number of aryl methyl sites for hydroxylation is 2. The molecule has 3 aromatic heterocycles. The summed E-state index contributed by atoms with van der Waals surface area (Å²) in [6.45, 7) is 0.907. The molecule has 4 rings (SSSR count). The first-order valence-electron chi connectivity index (χ1n) is 9.65. The number of H-pyrrole nitrogens is 1. The van der Waals surface area contributed by atoms with Crippen LogP contribution >= 0.6 is 0 Å². The summed E-state index contributed by atoms with van der Waals surface area (Å²) in [6.07, 6.45) is 6.21. The minimum Gasteiger partial charge on any atom is -0.467 e. The fourth-order valence-electron chi connectivity index (χ4n) is 3.82. The first kappa shape index (κ1) is 19.0. The second-order valence-electron chi connectivity index (χ2n) is 7.23. The maximum absolute atomic E-state index is 13.0. The van der Waals surface area contributed by atoms with Gasteiger partial charge in [0.2, 0.25) is 5.91 Å². The van der Waals surface area contributed by atoms with Gasteiger partial charge in [0.25, 0.3) is 5.56 Å². The van der Waals surface area contributed by atoms with Crippen molar-refractivity contribution in [2.45, 2.75) is 45.3 Å². The van der Waals surface area contributed by atoms with E-state index in [1.54, 1.807) is 17.2 Å². The van der Waals surface area contributed by atoms with E-state index in [-0.39, 0.29) is 18.9 Å². The van der Waals surface area contributed by atoms with Crippen LogP contribution in [-0.2, 0) is 44.3 Å². The second-order valence-corrected chi connectivity index (χ2v) is 7.23. The highest BCUT2D eigenvalue weighted by Crippen LogP contribution is 2.26. The highest BCUT2D eigenvalue weighted by molar-refractivity contribution is 5.76. The zero-order valence-corrected chi connectivity index (χ0v) is 16.3. The van der Waals surface area contributed by atoms with Crippen molar-refractivity contribution in [3.8, 4) is 0 Å². The number of furan rings is 1. The molecular formula is C20H23N5O4. The molecule has 0 fully saturated rings. The maximum atomic E-state index is 13.0. The number of nitrogens with one attached hydrogen (secondary N) is 1. The Morgan fingerprint density at radius 3 is 2.90 bits per heavy atom. The van der Waals surface area contributed by atoms with Gasteiger partial charge in [0.15, 0.2) is 0 Å². The number of carbonyl (C=O) groups is 1. The third-order valence-corrected chi connectivity index (χ3v) is 5.28. The molecule has 1 aliphatic rings. The summed E-state index contributed by atoms with van der Waals surface area (Å²) in [5.74, 6) is 0.573. The standard InChI is InChI=1S/C20H23N5O4/c1-23-17-6-2-5-15(17)16(22-23)13-25(12-14-4-3-11-29-14)19(27)8-10-24-9-7-18(26)21-20(24)28/h3-4,7,9,11H,2,5-6,8,10,12-13H2,1H3,(H,21,26,28). The van der Waals surface area contributed by atoms with Crippen molar-refractivity contribution in [3.05, 3.63) is 74.2 Å². The molecule has 0 aliphatic heterocycles. The lowest BCUT2D eigenvalue weighted by atomic mass is 10.2. The largest absolute Gasteiger partial charge is 0.467 e. The van der Waals surface area contributed by atoms with E-state index in [1.807, 2.05) is 17.8 Å². The Balaban J connectivity index is 1.52. The van der Waals surface area contributed by atoms with Crippen molar-refractivity contribution >= 4 is 5.91 Å². The molecule has 0 radical (unpaired) electrons. The van der Waals surface area contributed by atoms with Gasteiger partial charge in [0, 0.05) is 38.0 Å². The van der Waals surface area contributed by atoms with Crippen molar-refractivity contribution < 1.29 is 9.21 Å². The molecule has 9 heteroatoms. The van der Waals surface area contributed by atoms with Gasteiger partial charge in [-0.05, 0) is 37.0 Å². The van der Waals surface area contributed by atoms with Gasteiger partial charge in [-0.15, -0.1) is 0 Å². The normalized spacial score (nSPS) is 12.9. The monoisotopic (exact) mass is 397 g/mol. The van der Waals surface area contributed by atoms with E-state index in [2.05, 4.69) is 10.1 Å². The predicted molar refractivity (Wildman–Crippen MR) is 104 cm³/mol. The molecule has 1 N–H and O–H groups in total. The number of rotatable bonds is 7. The zero-order chi connectivity index (χ0) is 20.4. The van der Waals surface area contributed by atoms with E-state index in [1.165, 1.54) is 28.1 Å². The summed E-state index contributed by atoms with van der Waals surface area (Å²) in [4.78, 5) is 40.0. The molecule has 0 bridgehead atoms. The molecule has 3 heterocycles. The van der Waals surface area contributed by atoms with Gasteiger partial charge in [0.1, 0.15) is 5.76 Å². The Morgan fingerprint density at radius 1 is 1.28 bits per heavy atom. The molecule has 1 amide bonds. The number of carbonyl (C=O) groups excluding carboxylic acids is 1. The van der Waals surface area contributed by atoms with Gasteiger partial charge in [-0.25, -0.2) is 4.79 Å². The highest BCUT2D eigenvalue weighted by atomic mass is 16.3. The quantitative estimate of drug-likeness (QED) is 0.639. The van der Waals surface area contributed by atoms with E-state index in [0.717, 1.165) is 25.0 Å². The summed E-state index contributed by atoms with van der Waals surface area (Å²) in [5.41, 5.74) is 2.42. The molecule has 9 nitrogen and oxygen atoms in total. The molecular weight excluding hydrogens is 374 g/mol. The minimum absolute atomic E-state index is 0.114. The van der Waals surface area contributed by atoms with E-state index < -0.39 is 11.2 Å². The van der Waals surface area contributed by atoms with Crippen molar-refractivity contribution in [3.63, 3.8) is 0 Å². The van der Waals surface area contributed by atoms with Crippen LogP contribution in [0.3, 0.4) is 0 Å². The summed E-state index contributed by atoms with van der Waals surface area (Å²) in [7, 11) is 1.94. The van der Waals surface area contributed by atoms with Gasteiger partial charge in [0.05, 0.1) is 25.0 Å². The van der Waals surface area contributed by atoms with Crippen molar-refractivity contribution in [2.75, 3.05) is 0 Å². The highest BCUT2D eigenvalue weighted by Gasteiger charge is 2.24. The average molecular weight is 397 g/mol. The molecule has 0 spiro atoms. The van der Waals surface area contributed by atoms with Crippen molar-refractivity contribution in [2.24, 2.45) is 7.05 Å². The third-order valence-electron chi connectivity index (χ3n) is 5.28. The first-order valence-corrected chi connectivity index (χ1v) is 9.65. The van der Waals surface area contributed by atoms with Crippen LogP contribution in [0.25, 0.3) is 0 Å². The maximum Gasteiger partial charge on any atom is 0.328 e. The zero-order valence-electron chi connectivity index (χ0n) is 16.3. The molecule has 1 aliphatic carbocycles. The van der Waals surface area contributed by atoms with Crippen molar-refractivity contribution in [1.82, 2.24) is 24.2 Å². The summed E-state index contributed by atoms with van der Waals surface area (Å²) < 4.78 is 8.66. The smallest absolute Gasteiger partial charge is 0.328 e. The van der Waals surface area contributed by atoms with Crippen LogP contribution in [0.1, 0.15) is 35.6 Å². The summed E-state index contributed by atoms with van der Waals surface area (Å²) in [6, 6.07) is 4.88. The van der Waals surface area contributed by atoms with Crippen LogP contribution in [0, 0.1) is 0 Å². The fraction of sp³-hybridized carbons (Fsp3) is 0.400. The lowest BCUT2D eigenvalue weighted by Crippen LogP contribution is -2.33. The van der Waals surface area contributed by atoms with Crippen LogP contribution in [0.5, 0.6) is 0 Å². The average Bonchev–Trinajstić information content (AvgIpc) is 3.41. The Labute approximate surface area is 166 Å². The molecule has 152 valence electrons. The summed E-state index contributed by atoms with van der Waals surface area (Å²) >= 11 is 0. The number of nitrogens with zero attached hydrogens (tertiary/aromatic N) is 4. The number of fused-ring (bicyclic) bond motifs is 1. The topological polar surface area (TPSA) is 106 Å². The Bertz CT molecular complexity index is 1120. The van der Waals surface area contributed by atoms with Gasteiger partial charge >= 0.3 is 5.69 Å². The number of hydrogen-bond donors (Lipinski definition) is 1. The number of aromatic nitrogens is 4. The van der Waals surface area contributed by atoms with Gasteiger partial charge in [-0.3, -0.25) is 19.3 Å². The lowest BCUT2D eigenvalue weighted by molar-refractivity contribution is -0.133. The first-order chi connectivity index (χ1) is 14.0. The van der Waals surface area contributed by atoms with Crippen LogP contribution in [0.15, 0.2) is 44.7 Å². The number of amides is 1. The molecule has 0 unspecified atom stereocenters. The van der Waals surface area contributed by atoms with E-state index in [9.17, 15) is 14.4 Å².